The molecule has 3 N–H and O–H groups in total. The maximum absolute atomic E-state index is 12.5. The lowest BCUT2D eigenvalue weighted by atomic mass is 10.1. The number of carbonyl (C=O) groups excluding carboxylic acids is 2. The van der Waals surface area contributed by atoms with E-state index in [4.69, 9.17) is 19.3 Å². The third-order valence-corrected chi connectivity index (χ3v) is 4.49. The Morgan fingerprint density at radius 3 is 2.45 bits per heavy atom. The highest BCUT2D eigenvalue weighted by atomic mass is 16.5. The number of allylic oxidation sites excluding steroid dienone is 1. The first-order valence-electron chi connectivity index (χ1n) is 9.34. The van der Waals surface area contributed by atoms with Crippen molar-refractivity contribution in [1.29, 1.82) is 0 Å². The van der Waals surface area contributed by atoms with E-state index in [1.54, 1.807) is 37.5 Å². The van der Waals surface area contributed by atoms with Gasteiger partial charge in [-0.2, -0.15) is 0 Å². The number of methoxy groups -OCH3 is 1. The van der Waals surface area contributed by atoms with E-state index in [2.05, 4.69) is 5.32 Å². The number of aliphatic carboxylic acids is 1. The van der Waals surface area contributed by atoms with Crippen LogP contribution in [0.1, 0.15) is 22.8 Å². The molecule has 3 rings (SSSR count). The molecule has 9 nitrogen and oxygen atoms in total. The summed E-state index contributed by atoms with van der Waals surface area (Å²) in [6, 6.07) is 10.2. The molecular weight excluding hydrogens is 406 g/mol. The van der Waals surface area contributed by atoms with Crippen molar-refractivity contribution in [3.63, 3.8) is 0 Å². The SMILES string of the molecule is COc1ccc(/C=C2\Oc3cc(OCC(=O)N[C@H](C(=O)O)[C@@H](C)O)ccc3C2=O)cc1. The fourth-order valence-corrected chi connectivity index (χ4v) is 2.86. The molecule has 0 aliphatic carbocycles. The second kappa shape index (κ2) is 9.31. The lowest BCUT2D eigenvalue weighted by Gasteiger charge is -2.17. The third kappa shape index (κ3) is 5.20. The van der Waals surface area contributed by atoms with Gasteiger partial charge in [-0.1, -0.05) is 12.1 Å². The predicted octanol–water partition coefficient (Wildman–Crippen LogP) is 1.64. The number of ketones is 1. The Bertz CT molecular complexity index is 1030. The molecule has 9 heteroatoms. The maximum atomic E-state index is 12.5. The number of benzene rings is 2. The van der Waals surface area contributed by atoms with E-state index in [9.17, 15) is 19.5 Å². The average molecular weight is 427 g/mol. The van der Waals surface area contributed by atoms with Crippen molar-refractivity contribution < 1.29 is 38.8 Å². The minimum absolute atomic E-state index is 0.149. The highest BCUT2D eigenvalue weighted by molar-refractivity contribution is 6.14. The molecule has 0 unspecified atom stereocenters. The molecule has 162 valence electrons. The zero-order valence-electron chi connectivity index (χ0n) is 16.8. The zero-order valence-corrected chi connectivity index (χ0v) is 16.8. The molecule has 0 spiro atoms. The van der Waals surface area contributed by atoms with E-state index < -0.39 is 30.6 Å². The number of aliphatic hydroxyl groups excluding tert-OH is 1. The minimum Gasteiger partial charge on any atom is -0.497 e. The van der Waals surface area contributed by atoms with E-state index in [1.807, 2.05) is 0 Å². The summed E-state index contributed by atoms with van der Waals surface area (Å²) in [5.74, 6) is -0.966. The molecule has 31 heavy (non-hydrogen) atoms. The van der Waals surface area contributed by atoms with Crippen LogP contribution in [0.4, 0.5) is 0 Å². The molecule has 1 amide bonds. The molecule has 2 atom stereocenters. The van der Waals surface area contributed by atoms with E-state index in [0.717, 1.165) is 5.56 Å². The van der Waals surface area contributed by atoms with E-state index in [0.29, 0.717) is 11.3 Å². The Labute approximate surface area is 177 Å². The molecule has 0 saturated heterocycles. The first-order chi connectivity index (χ1) is 14.8. The Kier molecular flexibility index (Phi) is 6.56. The van der Waals surface area contributed by atoms with Gasteiger partial charge in [0.1, 0.15) is 17.2 Å². The molecule has 0 bridgehead atoms. The number of Topliss-reactive ketones (excluding diaryl/α,β-unsaturated/α-hetero) is 1. The van der Waals surface area contributed by atoms with Crippen molar-refractivity contribution in [2.24, 2.45) is 0 Å². The van der Waals surface area contributed by atoms with Crippen LogP contribution in [0.2, 0.25) is 0 Å². The highest BCUT2D eigenvalue weighted by Crippen LogP contribution is 2.35. The summed E-state index contributed by atoms with van der Waals surface area (Å²) in [7, 11) is 1.56. The number of aliphatic hydroxyl groups is 1. The first kappa shape index (κ1) is 21.8. The molecule has 1 aliphatic heterocycles. The van der Waals surface area contributed by atoms with Crippen LogP contribution >= 0.6 is 0 Å². The van der Waals surface area contributed by atoms with Crippen LogP contribution in [0.5, 0.6) is 17.2 Å². The van der Waals surface area contributed by atoms with Gasteiger partial charge in [0.25, 0.3) is 5.91 Å². The molecule has 2 aromatic carbocycles. The second-order valence-corrected chi connectivity index (χ2v) is 6.78. The summed E-state index contributed by atoms with van der Waals surface area (Å²) in [5.41, 5.74) is 1.12. The van der Waals surface area contributed by atoms with Crippen LogP contribution in [0.3, 0.4) is 0 Å². The standard InChI is InChI=1S/C22H21NO8/c1-12(24)20(22(27)28)23-19(25)11-30-15-7-8-16-17(10-15)31-18(21(16)26)9-13-3-5-14(29-2)6-4-13/h3-10,12,20,24H,11H2,1-2H3,(H,23,25)(H,27,28)/b18-9-/t12-,20+/m1/s1. The van der Waals surface area contributed by atoms with Crippen molar-refractivity contribution in [3.05, 3.63) is 59.4 Å². The summed E-state index contributed by atoms with van der Waals surface area (Å²) in [6.07, 6.45) is 0.342. The van der Waals surface area contributed by atoms with Crippen molar-refractivity contribution in [2.75, 3.05) is 13.7 Å². The summed E-state index contributed by atoms with van der Waals surface area (Å²) in [5, 5.41) is 20.6. The lowest BCUT2D eigenvalue weighted by molar-refractivity contribution is -0.145. The smallest absolute Gasteiger partial charge is 0.328 e. The number of rotatable bonds is 8. The molecule has 0 radical (unpaired) electrons. The molecule has 0 fully saturated rings. The van der Waals surface area contributed by atoms with Gasteiger partial charge in [0, 0.05) is 6.07 Å². The van der Waals surface area contributed by atoms with Crippen LogP contribution < -0.4 is 19.5 Å². The summed E-state index contributed by atoms with van der Waals surface area (Å²) in [6.45, 7) is 0.781. The number of carboxylic acid groups (broad SMARTS) is 1. The number of hydrogen-bond donors (Lipinski definition) is 3. The lowest BCUT2D eigenvalue weighted by Crippen LogP contribution is -2.49. The fourth-order valence-electron chi connectivity index (χ4n) is 2.86. The monoisotopic (exact) mass is 427 g/mol. The van der Waals surface area contributed by atoms with Crippen LogP contribution in [0, 0.1) is 0 Å². The van der Waals surface area contributed by atoms with Gasteiger partial charge in [0.2, 0.25) is 5.78 Å². The minimum atomic E-state index is -1.44. The average Bonchev–Trinajstić information content (AvgIpc) is 3.05. The third-order valence-electron chi connectivity index (χ3n) is 4.49. The van der Waals surface area contributed by atoms with E-state index in [-0.39, 0.29) is 23.0 Å². The molecule has 1 aliphatic rings. The van der Waals surface area contributed by atoms with Gasteiger partial charge in [-0.15, -0.1) is 0 Å². The van der Waals surface area contributed by atoms with Gasteiger partial charge >= 0.3 is 5.97 Å². The Morgan fingerprint density at radius 1 is 1.16 bits per heavy atom. The maximum Gasteiger partial charge on any atom is 0.328 e. The summed E-state index contributed by atoms with van der Waals surface area (Å²) < 4.78 is 16.1. The number of hydrogen-bond acceptors (Lipinski definition) is 7. The van der Waals surface area contributed by atoms with Gasteiger partial charge < -0.3 is 29.7 Å². The first-order valence-corrected chi connectivity index (χ1v) is 9.34. The van der Waals surface area contributed by atoms with Gasteiger partial charge in [0.05, 0.1) is 18.8 Å². The van der Waals surface area contributed by atoms with Crippen LogP contribution in [-0.4, -0.2) is 53.7 Å². The molecule has 0 aromatic heterocycles. The van der Waals surface area contributed by atoms with Gasteiger partial charge in [0.15, 0.2) is 18.4 Å². The summed E-state index contributed by atoms with van der Waals surface area (Å²) >= 11 is 0. The normalized spacial score (nSPS) is 15.6. The van der Waals surface area contributed by atoms with Crippen LogP contribution in [0.25, 0.3) is 6.08 Å². The van der Waals surface area contributed by atoms with Gasteiger partial charge in [-0.05, 0) is 42.8 Å². The van der Waals surface area contributed by atoms with Crippen LogP contribution in [-0.2, 0) is 9.59 Å². The highest BCUT2D eigenvalue weighted by Gasteiger charge is 2.28. The number of fused-ring (bicyclic) bond motifs is 1. The largest absolute Gasteiger partial charge is 0.497 e. The Balaban J connectivity index is 1.65. The van der Waals surface area contributed by atoms with Gasteiger partial charge in [-0.25, -0.2) is 4.79 Å². The fraction of sp³-hybridized carbons (Fsp3) is 0.227. The van der Waals surface area contributed by atoms with Gasteiger partial charge in [-0.3, -0.25) is 9.59 Å². The second-order valence-electron chi connectivity index (χ2n) is 6.78. The Hall–Kier alpha value is -3.85. The predicted molar refractivity (Wildman–Crippen MR) is 109 cm³/mol. The topological polar surface area (TPSA) is 131 Å². The van der Waals surface area contributed by atoms with E-state index in [1.165, 1.54) is 25.1 Å². The quantitative estimate of drug-likeness (QED) is 0.542. The number of carboxylic acids is 1. The molecule has 2 aromatic rings. The number of ether oxygens (including phenoxy) is 3. The van der Waals surface area contributed by atoms with Crippen LogP contribution in [0.15, 0.2) is 48.2 Å². The van der Waals surface area contributed by atoms with Crippen molar-refractivity contribution in [1.82, 2.24) is 5.32 Å². The number of carbonyl (C=O) groups is 3. The summed E-state index contributed by atoms with van der Waals surface area (Å²) in [4.78, 5) is 35.5. The van der Waals surface area contributed by atoms with Crippen molar-refractivity contribution in [3.8, 4) is 17.2 Å². The number of nitrogens with one attached hydrogen (secondary N) is 1. The zero-order chi connectivity index (χ0) is 22.5. The Morgan fingerprint density at radius 2 is 1.84 bits per heavy atom. The van der Waals surface area contributed by atoms with Crippen molar-refractivity contribution >= 4 is 23.7 Å². The molecular formula is C22H21NO8. The number of amides is 1. The van der Waals surface area contributed by atoms with E-state index >= 15 is 0 Å². The molecule has 1 heterocycles. The molecule has 0 saturated carbocycles. The van der Waals surface area contributed by atoms with Crippen molar-refractivity contribution in [2.45, 2.75) is 19.1 Å².